The van der Waals surface area contributed by atoms with Gasteiger partial charge in [0.05, 0.1) is 6.42 Å². The quantitative estimate of drug-likeness (QED) is 0.604. The average molecular weight is 247 g/mol. The van der Waals surface area contributed by atoms with Crippen molar-refractivity contribution in [1.82, 2.24) is 0 Å². The van der Waals surface area contributed by atoms with Crippen molar-refractivity contribution in [3.05, 3.63) is 34.3 Å². The molecule has 0 fully saturated rings. The first-order valence-corrected chi connectivity index (χ1v) is 4.90. The van der Waals surface area contributed by atoms with Gasteiger partial charge in [0.25, 0.3) is 6.43 Å². The second kappa shape index (κ2) is 5.16. The molecule has 0 saturated heterocycles. The van der Waals surface area contributed by atoms with Crippen LogP contribution < -0.4 is 0 Å². The number of rotatable bonds is 4. The summed E-state index contributed by atoms with van der Waals surface area (Å²) in [4.78, 5) is 22.1. The van der Waals surface area contributed by atoms with Crippen molar-refractivity contribution < 1.29 is 18.4 Å². The number of benzene rings is 1. The van der Waals surface area contributed by atoms with Crippen LogP contribution in [0.5, 0.6) is 0 Å². The molecule has 1 aromatic rings. The lowest BCUT2D eigenvalue weighted by Gasteiger charge is -2.02. The fraction of sp³-hybridized carbons (Fsp3) is 0.273. The number of hydrogen-bond acceptors (Lipinski definition) is 2. The van der Waals surface area contributed by atoms with Gasteiger partial charge in [-0.3, -0.25) is 9.59 Å². The second-order valence-electron chi connectivity index (χ2n) is 3.33. The van der Waals surface area contributed by atoms with Gasteiger partial charge in [-0.1, -0.05) is 23.7 Å². The number of alkyl halides is 2. The van der Waals surface area contributed by atoms with Gasteiger partial charge < -0.3 is 0 Å². The van der Waals surface area contributed by atoms with Crippen LogP contribution in [-0.4, -0.2) is 18.0 Å². The van der Waals surface area contributed by atoms with Crippen LogP contribution in [-0.2, 0) is 4.79 Å². The molecule has 86 valence electrons. The molecule has 0 spiro atoms. The van der Waals surface area contributed by atoms with E-state index in [1.165, 1.54) is 12.1 Å². The number of halogens is 3. The normalized spacial score (nSPS) is 10.6. The van der Waals surface area contributed by atoms with Crippen molar-refractivity contribution in [2.45, 2.75) is 19.8 Å². The number of carbonyl (C=O) groups is 2. The number of aryl methyl sites for hydroxylation is 1. The molecule has 1 rings (SSSR count). The standard InChI is InChI=1S/C11H9ClF2O2/c1-6-2-3-7(4-8(6)12)9(15)5-10(16)11(13)14/h2-4,11H,5H2,1H3. The van der Waals surface area contributed by atoms with E-state index in [1.54, 1.807) is 13.0 Å². The Morgan fingerprint density at radius 3 is 2.50 bits per heavy atom. The summed E-state index contributed by atoms with van der Waals surface area (Å²) in [5, 5.41) is 0.371. The largest absolute Gasteiger partial charge is 0.296 e. The van der Waals surface area contributed by atoms with Gasteiger partial charge in [-0.15, -0.1) is 0 Å². The summed E-state index contributed by atoms with van der Waals surface area (Å²) in [6.45, 7) is 1.75. The number of carbonyl (C=O) groups excluding carboxylic acids is 2. The Labute approximate surface area is 96.2 Å². The van der Waals surface area contributed by atoms with Crippen molar-refractivity contribution in [3.8, 4) is 0 Å². The molecule has 16 heavy (non-hydrogen) atoms. The number of hydrogen-bond donors (Lipinski definition) is 0. The molecule has 1 aromatic carbocycles. The summed E-state index contributed by atoms with van der Waals surface area (Å²) >= 11 is 5.77. The monoisotopic (exact) mass is 246 g/mol. The lowest BCUT2D eigenvalue weighted by Crippen LogP contribution is -2.15. The molecule has 0 aliphatic carbocycles. The van der Waals surface area contributed by atoms with E-state index < -0.39 is 24.4 Å². The van der Waals surface area contributed by atoms with Crippen molar-refractivity contribution >= 4 is 23.2 Å². The van der Waals surface area contributed by atoms with Crippen molar-refractivity contribution in [1.29, 1.82) is 0 Å². The molecular formula is C11H9ClF2O2. The van der Waals surface area contributed by atoms with Crippen LogP contribution in [0.4, 0.5) is 8.78 Å². The molecule has 0 unspecified atom stereocenters. The van der Waals surface area contributed by atoms with Crippen molar-refractivity contribution in [2.75, 3.05) is 0 Å². The molecule has 0 aliphatic rings. The molecule has 2 nitrogen and oxygen atoms in total. The molecule has 5 heteroatoms. The number of ketones is 2. The summed E-state index contributed by atoms with van der Waals surface area (Å²) < 4.78 is 23.8. The minimum Gasteiger partial charge on any atom is -0.294 e. The summed E-state index contributed by atoms with van der Waals surface area (Å²) in [6.07, 6.45) is -3.90. The van der Waals surface area contributed by atoms with Gasteiger partial charge in [0.15, 0.2) is 5.78 Å². The van der Waals surface area contributed by atoms with E-state index in [-0.39, 0.29) is 5.56 Å². The van der Waals surface area contributed by atoms with E-state index in [4.69, 9.17) is 11.6 Å². The third-order valence-electron chi connectivity index (χ3n) is 2.07. The zero-order valence-electron chi connectivity index (χ0n) is 8.47. The SMILES string of the molecule is Cc1ccc(C(=O)CC(=O)C(F)F)cc1Cl. The number of Topliss-reactive ketones (excluding diaryl/α,β-unsaturated/α-hetero) is 2. The van der Waals surface area contributed by atoms with Gasteiger partial charge in [0, 0.05) is 10.6 Å². The first-order chi connectivity index (χ1) is 7.41. The van der Waals surface area contributed by atoms with Crippen LogP contribution in [0.2, 0.25) is 5.02 Å². The molecule has 0 saturated carbocycles. The summed E-state index contributed by atoms with van der Waals surface area (Å²) in [7, 11) is 0. The van der Waals surface area contributed by atoms with Crippen LogP contribution in [0.3, 0.4) is 0 Å². The molecular weight excluding hydrogens is 238 g/mol. The highest BCUT2D eigenvalue weighted by atomic mass is 35.5. The van der Waals surface area contributed by atoms with Gasteiger partial charge in [0.2, 0.25) is 5.78 Å². The molecule has 0 amide bonds. The molecule has 0 aliphatic heterocycles. The Morgan fingerprint density at radius 1 is 1.38 bits per heavy atom. The highest BCUT2D eigenvalue weighted by molar-refractivity contribution is 6.31. The van der Waals surface area contributed by atoms with E-state index in [0.717, 1.165) is 5.56 Å². The minimum atomic E-state index is -3.11. The summed E-state index contributed by atoms with van der Waals surface area (Å²) in [6, 6.07) is 4.43. The van der Waals surface area contributed by atoms with Crippen LogP contribution >= 0.6 is 11.6 Å². The molecule has 0 bridgehead atoms. The van der Waals surface area contributed by atoms with E-state index in [0.29, 0.717) is 5.02 Å². The van der Waals surface area contributed by atoms with Crippen LogP contribution in [0.15, 0.2) is 18.2 Å². The molecule has 0 atom stereocenters. The predicted octanol–water partition coefficient (Wildman–Crippen LogP) is 3.06. The highest BCUT2D eigenvalue weighted by Crippen LogP contribution is 2.18. The van der Waals surface area contributed by atoms with Crippen LogP contribution in [0.25, 0.3) is 0 Å². The Kier molecular flexibility index (Phi) is 4.12. The van der Waals surface area contributed by atoms with Gasteiger partial charge in [-0.05, 0) is 18.6 Å². The Hall–Kier alpha value is -1.29. The molecule has 0 radical (unpaired) electrons. The molecule has 0 heterocycles. The molecule has 0 aromatic heterocycles. The average Bonchev–Trinajstić information content (AvgIpc) is 2.21. The predicted molar refractivity (Wildman–Crippen MR) is 56.1 cm³/mol. The minimum absolute atomic E-state index is 0.171. The maximum Gasteiger partial charge on any atom is 0.296 e. The maximum absolute atomic E-state index is 11.9. The maximum atomic E-state index is 11.9. The van der Waals surface area contributed by atoms with E-state index >= 15 is 0 Å². The first-order valence-electron chi connectivity index (χ1n) is 4.52. The highest BCUT2D eigenvalue weighted by Gasteiger charge is 2.20. The van der Waals surface area contributed by atoms with Gasteiger partial charge >= 0.3 is 0 Å². The Balaban J connectivity index is 2.81. The van der Waals surface area contributed by atoms with Gasteiger partial charge in [-0.2, -0.15) is 0 Å². The van der Waals surface area contributed by atoms with Crippen molar-refractivity contribution in [2.24, 2.45) is 0 Å². The van der Waals surface area contributed by atoms with Crippen molar-refractivity contribution in [3.63, 3.8) is 0 Å². The zero-order chi connectivity index (χ0) is 12.3. The van der Waals surface area contributed by atoms with Gasteiger partial charge in [0.1, 0.15) is 0 Å². The fourth-order valence-corrected chi connectivity index (χ4v) is 1.28. The third-order valence-corrected chi connectivity index (χ3v) is 2.48. The zero-order valence-corrected chi connectivity index (χ0v) is 9.22. The van der Waals surface area contributed by atoms with Crippen LogP contribution in [0, 0.1) is 6.92 Å². The first kappa shape index (κ1) is 12.8. The topological polar surface area (TPSA) is 34.1 Å². The van der Waals surface area contributed by atoms with E-state index in [9.17, 15) is 18.4 Å². The fourth-order valence-electron chi connectivity index (χ4n) is 1.10. The molecule has 0 N–H and O–H groups in total. The lowest BCUT2D eigenvalue weighted by atomic mass is 10.0. The smallest absolute Gasteiger partial charge is 0.294 e. The Morgan fingerprint density at radius 2 is 2.00 bits per heavy atom. The van der Waals surface area contributed by atoms with E-state index in [1.807, 2.05) is 0 Å². The lowest BCUT2D eigenvalue weighted by molar-refractivity contribution is -0.128. The van der Waals surface area contributed by atoms with Gasteiger partial charge in [-0.25, -0.2) is 8.78 Å². The summed E-state index contributed by atoms with van der Waals surface area (Å²) in [5.41, 5.74) is 0.947. The van der Waals surface area contributed by atoms with Crippen LogP contribution in [0.1, 0.15) is 22.3 Å². The summed E-state index contributed by atoms with van der Waals surface area (Å²) in [5.74, 6) is -2.02. The third kappa shape index (κ3) is 3.10. The Bertz CT molecular complexity index is 430. The second-order valence-corrected chi connectivity index (χ2v) is 3.74. The van der Waals surface area contributed by atoms with E-state index in [2.05, 4.69) is 0 Å².